The predicted octanol–water partition coefficient (Wildman–Crippen LogP) is 0.961. The number of nitrogens with zero attached hydrogens (tertiary/aromatic N) is 1. The van der Waals surface area contributed by atoms with Gasteiger partial charge in [0.25, 0.3) is 0 Å². The summed E-state index contributed by atoms with van der Waals surface area (Å²) in [5.74, 6) is -0.225. The minimum Gasteiger partial charge on any atom is -0.376 e. The lowest BCUT2D eigenvalue weighted by molar-refractivity contribution is -0.137. The van der Waals surface area contributed by atoms with Crippen LogP contribution >= 0.6 is 0 Å². The summed E-state index contributed by atoms with van der Waals surface area (Å²) in [6.07, 6.45) is 5.90. The summed E-state index contributed by atoms with van der Waals surface area (Å²) >= 11 is 0. The second-order valence-corrected chi connectivity index (χ2v) is 9.08. The normalized spacial score (nSPS) is 25.0. The molecule has 0 bridgehead atoms. The second kappa shape index (κ2) is 7.94. The van der Waals surface area contributed by atoms with Gasteiger partial charge in [0.05, 0.1) is 6.10 Å². The first kappa shape index (κ1) is 18.7. The smallest absolute Gasteiger partial charge is 0.244 e. The summed E-state index contributed by atoms with van der Waals surface area (Å²) in [6.45, 7) is 4.98. The fraction of sp³-hybridized carbons (Fsp3) is 0.938. The molecule has 1 unspecified atom stereocenters. The lowest BCUT2D eigenvalue weighted by Gasteiger charge is -2.40. The Kier molecular flexibility index (Phi) is 6.45. The van der Waals surface area contributed by atoms with Gasteiger partial charge in [-0.25, -0.2) is 8.42 Å². The first-order valence-electron chi connectivity index (χ1n) is 8.72. The third-order valence-corrected chi connectivity index (χ3v) is 6.99. The highest BCUT2D eigenvalue weighted by atomic mass is 32.2. The molecule has 0 aromatic carbocycles. The molecule has 2 heterocycles. The molecule has 2 rings (SSSR count). The van der Waals surface area contributed by atoms with Gasteiger partial charge in [0.15, 0.2) is 14.6 Å². The van der Waals surface area contributed by atoms with Crippen LogP contribution < -0.4 is 5.32 Å². The van der Waals surface area contributed by atoms with Crippen LogP contribution in [0.4, 0.5) is 0 Å². The zero-order valence-electron chi connectivity index (χ0n) is 14.3. The molecule has 0 aromatic rings. The van der Waals surface area contributed by atoms with E-state index in [4.69, 9.17) is 4.74 Å². The lowest BCUT2D eigenvalue weighted by atomic mass is 9.94. The van der Waals surface area contributed by atoms with Crippen molar-refractivity contribution >= 4 is 15.7 Å². The molecule has 0 aromatic heterocycles. The summed E-state index contributed by atoms with van der Waals surface area (Å²) < 4.78 is 29.4. The van der Waals surface area contributed by atoms with Gasteiger partial charge in [-0.2, -0.15) is 0 Å². The molecule has 7 heteroatoms. The van der Waals surface area contributed by atoms with Crippen molar-refractivity contribution in [3.63, 3.8) is 0 Å². The molecule has 1 N–H and O–H groups in total. The van der Waals surface area contributed by atoms with Crippen LogP contribution in [0.3, 0.4) is 0 Å². The van der Waals surface area contributed by atoms with E-state index in [0.717, 1.165) is 32.3 Å². The number of hydrogen-bond acceptors (Lipinski definition) is 5. The molecule has 6 nitrogen and oxygen atoms in total. The van der Waals surface area contributed by atoms with Gasteiger partial charge in [-0.15, -0.1) is 0 Å². The molecule has 0 spiro atoms. The Morgan fingerprint density at radius 3 is 2.52 bits per heavy atom. The Morgan fingerprint density at radius 1 is 1.30 bits per heavy atom. The number of piperidine rings is 1. The van der Waals surface area contributed by atoms with Gasteiger partial charge in [-0.3, -0.25) is 4.79 Å². The largest absolute Gasteiger partial charge is 0.376 e. The molecular weight excluding hydrogens is 316 g/mol. The molecule has 2 aliphatic heterocycles. The second-order valence-electron chi connectivity index (χ2n) is 6.76. The first-order valence-corrected chi connectivity index (χ1v) is 10.6. The number of amides is 1. The van der Waals surface area contributed by atoms with Gasteiger partial charge in [-0.1, -0.05) is 6.92 Å². The van der Waals surface area contributed by atoms with Crippen LogP contribution in [0.5, 0.6) is 0 Å². The van der Waals surface area contributed by atoms with Crippen LogP contribution in [0, 0.1) is 0 Å². The molecule has 134 valence electrons. The van der Waals surface area contributed by atoms with Crippen molar-refractivity contribution in [2.24, 2.45) is 0 Å². The molecule has 0 aliphatic carbocycles. The van der Waals surface area contributed by atoms with Crippen molar-refractivity contribution in [2.45, 2.75) is 56.3 Å². The number of carbonyl (C=O) groups is 1. The molecule has 2 aliphatic rings. The standard InChI is InChI=1S/C16H30N2O4S/c1-3-11-18(13-14-6-4-5-12-22-14)15(19)16(23(2,20)21)7-9-17-10-8-16/h14,17H,3-13H2,1-2H3. The van der Waals surface area contributed by atoms with Crippen LogP contribution in [-0.4, -0.2) is 69.1 Å². The zero-order valence-corrected chi connectivity index (χ0v) is 15.2. The molecule has 2 fully saturated rings. The molecule has 0 radical (unpaired) electrons. The summed E-state index contributed by atoms with van der Waals surface area (Å²) in [5, 5.41) is 3.16. The van der Waals surface area contributed by atoms with Gasteiger partial charge >= 0.3 is 0 Å². The maximum absolute atomic E-state index is 13.2. The van der Waals surface area contributed by atoms with E-state index in [0.29, 0.717) is 39.0 Å². The van der Waals surface area contributed by atoms with E-state index in [9.17, 15) is 13.2 Å². The first-order chi connectivity index (χ1) is 10.9. The van der Waals surface area contributed by atoms with Crippen molar-refractivity contribution in [3.05, 3.63) is 0 Å². The average Bonchev–Trinajstić information content (AvgIpc) is 2.54. The minimum absolute atomic E-state index is 0.0394. The molecule has 23 heavy (non-hydrogen) atoms. The summed E-state index contributed by atoms with van der Waals surface area (Å²) in [6, 6.07) is 0. The average molecular weight is 346 g/mol. The summed E-state index contributed by atoms with van der Waals surface area (Å²) in [5.41, 5.74) is 0. The minimum atomic E-state index is -3.46. The van der Waals surface area contributed by atoms with Crippen LogP contribution in [0.1, 0.15) is 45.4 Å². The number of rotatable bonds is 6. The summed E-state index contributed by atoms with van der Waals surface area (Å²) in [7, 11) is -3.46. The van der Waals surface area contributed by atoms with Crippen LogP contribution in [0.2, 0.25) is 0 Å². The molecule has 0 saturated carbocycles. The van der Waals surface area contributed by atoms with Crippen LogP contribution in [-0.2, 0) is 19.4 Å². The van der Waals surface area contributed by atoms with E-state index in [1.807, 2.05) is 6.92 Å². The lowest BCUT2D eigenvalue weighted by Crippen LogP contribution is -2.59. The Labute approximate surface area is 139 Å². The van der Waals surface area contributed by atoms with Gasteiger partial charge in [0.1, 0.15) is 0 Å². The van der Waals surface area contributed by atoms with Crippen molar-refractivity contribution in [2.75, 3.05) is 39.0 Å². The Morgan fingerprint density at radius 2 is 2.00 bits per heavy atom. The highest BCUT2D eigenvalue weighted by molar-refractivity contribution is 7.92. The predicted molar refractivity (Wildman–Crippen MR) is 90.1 cm³/mol. The third kappa shape index (κ3) is 4.25. The topological polar surface area (TPSA) is 75.7 Å². The maximum Gasteiger partial charge on any atom is 0.244 e. The third-order valence-electron chi connectivity index (χ3n) is 4.99. The fourth-order valence-electron chi connectivity index (χ4n) is 3.60. The van der Waals surface area contributed by atoms with E-state index < -0.39 is 14.6 Å². The van der Waals surface area contributed by atoms with Crippen LogP contribution in [0.25, 0.3) is 0 Å². The Balaban J connectivity index is 2.19. The van der Waals surface area contributed by atoms with Crippen LogP contribution in [0.15, 0.2) is 0 Å². The number of hydrogen-bond donors (Lipinski definition) is 1. The molecule has 1 amide bonds. The molecule has 1 atom stereocenters. The quantitative estimate of drug-likeness (QED) is 0.775. The van der Waals surface area contributed by atoms with Gasteiger partial charge < -0.3 is 15.0 Å². The van der Waals surface area contributed by atoms with E-state index in [-0.39, 0.29) is 12.0 Å². The van der Waals surface area contributed by atoms with E-state index in [2.05, 4.69) is 5.32 Å². The zero-order chi connectivity index (χ0) is 16.9. The summed E-state index contributed by atoms with van der Waals surface area (Å²) in [4.78, 5) is 14.9. The van der Waals surface area contributed by atoms with Gasteiger partial charge in [-0.05, 0) is 51.6 Å². The van der Waals surface area contributed by atoms with Crippen molar-refractivity contribution in [1.29, 1.82) is 0 Å². The number of nitrogens with one attached hydrogen (secondary N) is 1. The van der Waals surface area contributed by atoms with Gasteiger partial charge in [0, 0.05) is 26.0 Å². The highest BCUT2D eigenvalue weighted by Gasteiger charge is 2.50. The number of ether oxygens (including phenoxy) is 1. The van der Waals surface area contributed by atoms with Gasteiger partial charge in [0.2, 0.25) is 5.91 Å². The fourth-order valence-corrected chi connectivity index (χ4v) is 5.00. The van der Waals surface area contributed by atoms with Crippen molar-refractivity contribution < 1.29 is 17.9 Å². The number of carbonyl (C=O) groups excluding carboxylic acids is 1. The number of sulfone groups is 1. The Bertz CT molecular complexity index is 494. The van der Waals surface area contributed by atoms with Crippen molar-refractivity contribution in [1.82, 2.24) is 10.2 Å². The van der Waals surface area contributed by atoms with E-state index in [1.54, 1.807) is 4.90 Å². The molecule has 2 saturated heterocycles. The maximum atomic E-state index is 13.2. The SMILES string of the molecule is CCCN(CC1CCCCO1)C(=O)C1(S(C)(=O)=O)CCNCC1. The van der Waals surface area contributed by atoms with Crippen molar-refractivity contribution in [3.8, 4) is 0 Å². The monoisotopic (exact) mass is 346 g/mol. The highest BCUT2D eigenvalue weighted by Crippen LogP contribution is 2.30. The molecular formula is C16H30N2O4S. The van der Waals surface area contributed by atoms with E-state index in [1.165, 1.54) is 6.26 Å². The Hall–Kier alpha value is -0.660. The van der Waals surface area contributed by atoms with E-state index >= 15 is 0 Å².